The number of nitrogens with two attached hydrogens (primary N) is 1. The number of hydrogen-bond acceptors (Lipinski definition) is 3. The highest BCUT2D eigenvalue weighted by Crippen LogP contribution is 2.39. The van der Waals surface area contributed by atoms with E-state index in [0.717, 1.165) is 12.8 Å². The minimum atomic E-state index is -3.45. The maximum absolute atomic E-state index is 12.7. The van der Waals surface area contributed by atoms with Gasteiger partial charge in [0.25, 0.3) is 0 Å². The molecule has 8 heteroatoms. The van der Waals surface area contributed by atoms with Crippen molar-refractivity contribution in [2.24, 2.45) is 17.6 Å². The molecule has 2 fully saturated rings. The van der Waals surface area contributed by atoms with Crippen molar-refractivity contribution in [2.45, 2.75) is 23.8 Å². The predicted octanol–water partition coefficient (Wildman–Crippen LogP) is 2.88. The monoisotopic (exact) mass is 414 g/mol. The molecule has 0 bridgehead atoms. The molecule has 3 atom stereocenters. The van der Waals surface area contributed by atoms with Crippen molar-refractivity contribution in [3.05, 3.63) is 27.7 Å². The van der Waals surface area contributed by atoms with Gasteiger partial charge in [0.2, 0.25) is 10.0 Å². The minimum absolute atomic E-state index is 0. The number of nitrogens with zero attached hydrogens (tertiary/aromatic N) is 1. The molecule has 1 saturated carbocycles. The Morgan fingerprint density at radius 3 is 2.62 bits per heavy atom. The lowest BCUT2D eigenvalue weighted by molar-refractivity contribution is 0.427. The van der Waals surface area contributed by atoms with Gasteiger partial charge < -0.3 is 5.73 Å². The van der Waals surface area contributed by atoms with E-state index in [1.807, 2.05) is 0 Å². The third-order valence-corrected chi connectivity index (χ3v) is 7.45. The second-order valence-electron chi connectivity index (χ2n) is 5.56. The summed E-state index contributed by atoms with van der Waals surface area (Å²) in [5.41, 5.74) is 6.06. The summed E-state index contributed by atoms with van der Waals surface area (Å²) < 4.78 is 27.5. The third-order valence-electron chi connectivity index (χ3n) is 4.41. The average molecular weight is 416 g/mol. The largest absolute Gasteiger partial charge is 0.327 e. The molecule has 2 aliphatic rings. The molecule has 1 aliphatic carbocycles. The van der Waals surface area contributed by atoms with Crippen LogP contribution in [0.1, 0.15) is 12.8 Å². The van der Waals surface area contributed by atoms with Gasteiger partial charge in [0, 0.05) is 23.6 Å². The molecule has 3 rings (SSSR count). The lowest BCUT2D eigenvalue weighted by Crippen LogP contribution is -2.33. The maximum atomic E-state index is 12.7. The smallest absolute Gasteiger partial charge is 0.243 e. The fourth-order valence-electron chi connectivity index (χ4n) is 3.25. The van der Waals surface area contributed by atoms with Crippen LogP contribution >= 0.6 is 39.9 Å². The van der Waals surface area contributed by atoms with Crippen molar-refractivity contribution in [3.63, 3.8) is 0 Å². The fourth-order valence-corrected chi connectivity index (χ4v) is 5.46. The van der Waals surface area contributed by atoms with Gasteiger partial charge in [-0.25, -0.2) is 8.42 Å². The Kier molecular flexibility index (Phi) is 5.28. The standard InChI is InChI=1S/C13H16BrClN2O2S.ClH/c14-11-5-9(2-3-12(11)15)20(18,19)17-6-8-1-4-13(16)10(8)7-17;/h2-3,5,8,10,13H,1,4,6-7,16H2;1H. The summed E-state index contributed by atoms with van der Waals surface area (Å²) in [5, 5.41) is 0.504. The summed E-state index contributed by atoms with van der Waals surface area (Å²) in [6, 6.07) is 4.85. The fraction of sp³-hybridized carbons (Fsp3) is 0.538. The minimum Gasteiger partial charge on any atom is -0.327 e. The summed E-state index contributed by atoms with van der Waals surface area (Å²) >= 11 is 9.19. The summed E-state index contributed by atoms with van der Waals surface area (Å²) in [5.74, 6) is 0.719. The molecule has 1 aromatic carbocycles. The van der Waals surface area contributed by atoms with Gasteiger partial charge >= 0.3 is 0 Å². The van der Waals surface area contributed by atoms with Crippen LogP contribution in [0.4, 0.5) is 0 Å². The van der Waals surface area contributed by atoms with Crippen LogP contribution in [0.25, 0.3) is 0 Å². The quantitative estimate of drug-likeness (QED) is 0.807. The van der Waals surface area contributed by atoms with Crippen molar-refractivity contribution in [1.29, 1.82) is 0 Å². The molecule has 2 N–H and O–H groups in total. The number of sulfonamides is 1. The Bertz CT molecular complexity index is 641. The van der Waals surface area contributed by atoms with Crippen LogP contribution in [0.3, 0.4) is 0 Å². The molecule has 0 spiro atoms. The summed E-state index contributed by atoms with van der Waals surface area (Å²) in [6.45, 7) is 1.12. The van der Waals surface area contributed by atoms with Crippen LogP contribution in [0.5, 0.6) is 0 Å². The average Bonchev–Trinajstić information content (AvgIpc) is 2.96. The van der Waals surface area contributed by atoms with Gasteiger partial charge in [-0.3, -0.25) is 0 Å². The van der Waals surface area contributed by atoms with E-state index < -0.39 is 10.0 Å². The van der Waals surface area contributed by atoms with Gasteiger partial charge in [0.1, 0.15) is 0 Å². The Hall–Kier alpha value is 0.150. The normalized spacial score (nSPS) is 29.2. The molecule has 1 aliphatic heterocycles. The van der Waals surface area contributed by atoms with Crippen LogP contribution in [-0.4, -0.2) is 31.9 Å². The van der Waals surface area contributed by atoms with Crippen molar-refractivity contribution in [1.82, 2.24) is 4.31 Å². The van der Waals surface area contributed by atoms with E-state index in [2.05, 4.69) is 15.9 Å². The predicted molar refractivity (Wildman–Crippen MR) is 89.3 cm³/mol. The molecule has 0 aromatic heterocycles. The van der Waals surface area contributed by atoms with Crippen molar-refractivity contribution in [2.75, 3.05) is 13.1 Å². The molecule has 0 amide bonds. The van der Waals surface area contributed by atoms with E-state index in [-0.39, 0.29) is 23.3 Å². The molecule has 1 heterocycles. The first-order valence-corrected chi connectivity index (χ1v) is 9.21. The van der Waals surface area contributed by atoms with E-state index in [9.17, 15) is 8.42 Å². The molecule has 0 radical (unpaired) electrons. The molecule has 3 unspecified atom stereocenters. The highest BCUT2D eigenvalue weighted by atomic mass is 79.9. The Labute approximate surface area is 144 Å². The highest BCUT2D eigenvalue weighted by molar-refractivity contribution is 9.10. The first kappa shape index (κ1) is 17.5. The second kappa shape index (κ2) is 6.34. The van der Waals surface area contributed by atoms with Crippen LogP contribution < -0.4 is 5.73 Å². The summed E-state index contributed by atoms with van der Waals surface area (Å²) in [6.07, 6.45) is 2.04. The lowest BCUT2D eigenvalue weighted by atomic mass is 9.98. The Morgan fingerprint density at radius 1 is 1.29 bits per heavy atom. The van der Waals surface area contributed by atoms with Gasteiger partial charge in [-0.15, -0.1) is 12.4 Å². The molecule has 118 valence electrons. The van der Waals surface area contributed by atoms with Crippen molar-refractivity contribution < 1.29 is 8.42 Å². The number of benzene rings is 1. The van der Waals surface area contributed by atoms with Gasteiger partial charge in [0.15, 0.2) is 0 Å². The van der Waals surface area contributed by atoms with Gasteiger partial charge in [-0.2, -0.15) is 4.31 Å². The first-order valence-electron chi connectivity index (χ1n) is 6.60. The molecule has 4 nitrogen and oxygen atoms in total. The van der Waals surface area contributed by atoms with E-state index in [4.69, 9.17) is 17.3 Å². The molecular formula is C13H17BrCl2N2O2S. The van der Waals surface area contributed by atoms with E-state index in [0.29, 0.717) is 34.4 Å². The number of hydrogen-bond donors (Lipinski definition) is 1. The van der Waals surface area contributed by atoms with Crippen LogP contribution in [0, 0.1) is 11.8 Å². The van der Waals surface area contributed by atoms with Gasteiger partial charge in [-0.1, -0.05) is 11.6 Å². The number of fused-ring (bicyclic) bond motifs is 1. The molecule has 21 heavy (non-hydrogen) atoms. The zero-order valence-corrected chi connectivity index (χ0v) is 15.2. The van der Waals surface area contributed by atoms with Gasteiger partial charge in [-0.05, 0) is 58.8 Å². The van der Waals surface area contributed by atoms with E-state index >= 15 is 0 Å². The first-order chi connectivity index (χ1) is 9.39. The Morgan fingerprint density at radius 2 is 2.00 bits per heavy atom. The highest BCUT2D eigenvalue weighted by Gasteiger charge is 2.45. The third kappa shape index (κ3) is 3.12. The zero-order chi connectivity index (χ0) is 14.5. The van der Waals surface area contributed by atoms with E-state index in [1.165, 1.54) is 0 Å². The second-order valence-corrected chi connectivity index (χ2v) is 8.76. The van der Waals surface area contributed by atoms with Gasteiger partial charge in [0.05, 0.1) is 9.92 Å². The number of halogens is 3. The summed E-state index contributed by atoms with van der Waals surface area (Å²) in [7, 11) is -3.45. The van der Waals surface area contributed by atoms with Crippen molar-refractivity contribution >= 4 is 50.0 Å². The maximum Gasteiger partial charge on any atom is 0.243 e. The molecule has 1 saturated heterocycles. The summed E-state index contributed by atoms with van der Waals surface area (Å²) in [4.78, 5) is 0.280. The molecule has 1 aromatic rings. The van der Waals surface area contributed by atoms with Crippen LogP contribution in [0.2, 0.25) is 5.02 Å². The zero-order valence-electron chi connectivity index (χ0n) is 11.2. The SMILES string of the molecule is Cl.NC1CCC2CN(S(=O)(=O)c3ccc(Cl)c(Br)c3)CC12. The van der Waals surface area contributed by atoms with Crippen LogP contribution in [0.15, 0.2) is 27.6 Å². The Balaban J connectivity index is 0.00000161. The van der Waals surface area contributed by atoms with Crippen molar-refractivity contribution in [3.8, 4) is 0 Å². The number of rotatable bonds is 2. The van der Waals surface area contributed by atoms with Crippen LogP contribution in [-0.2, 0) is 10.0 Å². The lowest BCUT2D eigenvalue weighted by Gasteiger charge is -2.19. The topological polar surface area (TPSA) is 63.4 Å². The molecular weight excluding hydrogens is 399 g/mol. The van der Waals surface area contributed by atoms with E-state index in [1.54, 1.807) is 22.5 Å².